The average Bonchev–Trinajstić information content (AvgIpc) is 3.28. The Balaban J connectivity index is 1.05. The highest BCUT2D eigenvalue weighted by molar-refractivity contribution is 7.86. The maximum Gasteiger partial charge on any atom is 0.319 e. The van der Waals surface area contributed by atoms with Crippen LogP contribution in [0.15, 0.2) is 165 Å². The van der Waals surface area contributed by atoms with E-state index in [9.17, 15) is 17.8 Å². The van der Waals surface area contributed by atoms with Crippen molar-refractivity contribution in [3.8, 4) is 11.5 Å². The number of ether oxygens (including phenoxy) is 2. The zero-order valence-electron chi connectivity index (χ0n) is 37.8. The van der Waals surface area contributed by atoms with Gasteiger partial charge in [-0.25, -0.2) is 4.79 Å². The maximum atomic E-state index is 13.5. The average molecular weight is 929 g/mol. The van der Waals surface area contributed by atoms with E-state index in [-0.39, 0.29) is 17.5 Å². The number of nitrogens with one attached hydrogen (secondary N) is 2. The molecule has 2 amide bonds. The summed E-state index contributed by atoms with van der Waals surface area (Å²) in [5, 5.41) is 41.1. The molecule has 1 aliphatic rings. The van der Waals surface area contributed by atoms with Crippen LogP contribution in [0.1, 0.15) is 64.2 Å². The summed E-state index contributed by atoms with van der Waals surface area (Å²) in [6.07, 6.45) is 5.68. The van der Waals surface area contributed by atoms with Gasteiger partial charge in [-0.1, -0.05) is 19.9 Å². The molecule has 18 heteroatoms. The molecule has 3 N–H and O–H groups in total. The summed E-state index contributed by atoms with van der Waals surface area (Å²) in [7, 11) is -4.58. The lowest BCUT2D eigenvalue weighted by Crippen LogP contribution is -2.49. The lowest BCUT2D eigenvalue weighted by Gasteiger charge is -2.35. The Bertz CT molecular complexity index is 2910. The van der Waals surface area contributed by atoms with Crippen molar-refractivity contribution in [1.82, 2.24) is 5.32 Å². The van der Waals surface area contributed by atoms with Gasteiger partial charge in [-0.2, -0.15) is 39.1 Å². The fourth-order valence-electron chi connectivity index (χ4n) is 6.95. The van der Waals surface area contributed by atoms with Crippen molar-refractivity contribution in [3.63, 3.8) is 0 Å². The number of carbonyl (C=O) groups is 1. The van der Waals surface area contributed by atoms with Crippen LogP contribution in [-0.4, -0.2) is 37.8 Å². The number of nitrogens with zero attached hydrogens (tertiary/aromatic N) is 8. The first-order valence-electron chi connectivity index (χ1n) is 21.3. The first kappa shape index (κ1) is 48.6. The van der Waals surface area contributed by atoms with E-state index in [1.807, 2.05) is 108 Å². The normalized spacial score (nSPS) is 15.4. The van der Waals surface area contributed by atoms with Gasteiger partial charge in [0.05, 0.1) is 58.6 Å². The van der Waals surface area contributed by atoms with Crippen LogP contribution in [0.2, 0.25) is 0 Å². The third-order valence-electron chi connectivity index (χ3n) is 10.5. The molecule has 0 bridgehead atoms. The fourth-order valence-corrected chi connectivity index (χ4v) is 7.83. The van der Waals surface area contributed by atoms with Crippen LogP contribution in [-0.2, 0) is 16.5 Å². The number of thiol groups is 1. The number of amides is 2. The minimum atomic E-state index is -4.58. The summed E-state index contributed by atoms with van der Waals surface area (Å²) >= 11 is 4.51. The molecule has 1 unspecified atom stereocenters. The smallest absolute Gasteiger partial charge is 0.319 e. The van der Waals surface area contributed by atoms with E-state index in [1.54, 1.807) is 31.2 Å². The fraction of sp³-hybridized carbons (Fsp3) is 0.271. The molecular weight excluding hydrogens is 877 g/mol. The summed E-state index contributed by atoms with van der Waals surface area (Å²) in [4.78, 5) is 13.8. The molecule has 5 aromatic rings. The summed E-state index contributed by atoms with van der Waals surface area (Å²) in [6, 6.07) is 25.6. The van der Waals surface area contributed by atoms with Crippen LogP contribution in [0.25, 0.3) is 0 Å². The van der Waals surface area contributed by atoms with Gasteiger partial charge < -0.3 is 20.1 Å². The second kappa shape index (κ2) is 21.9. The highest BCUT2D eigenvalue weighted by atomic mass is 32.2. The van der Waals surface area contributed by atoms with Crippen LogP contribution in [0.5, 0.6) is 11.5 Å². The molecule has 0 spiro atoms. The predicted molar refractivity (Wildman–Crippen MR) is 259 cm³/mol. The van der Waals surface area contributed by atoms with Crippen molar-refractivity contribution in [2.75, 3.05) is 18.5 Å². The Hall–Kier alpha value is -6.89. The van der Waals surface area contributed by atoms with E-state index in [4.69, 9.17) is 9.47 Å². The molecular formula is C48H52N10O6S2. The van der Waals surface area contributed by atoms with Gasteiger partial charge in [0.1, 0.15) is 22.1 Å². The first-order chi connectivity index (χ1) is 31.6. The Morgan fingerprint density at radius 2 is 1.21 bits per heavy atom. The van der Waals surface area contributed by atoms with Gasteiger partial charge in [0.15, 0.2) is 0 Å². The lowest BCUT2D eigenvalue weighted by atomic mass is 9.82. The van der Waals surface area contributed by atoms with Gasteiger partial charge >= 0.3 is 6.03 Å². The molecule has 0 radical (unpaired) electrons. The molecule has 0 saturated heterocycles. The van der Waals surface area contributed by atoms with E-state index in [1.165, 1.54) is 12.1 Å². The number of aryl methyl sites for hydroxylation is 3. The molecule has 0 aromatic heterocycles. The number of carbonyl (C=O) groups excluding carboxylic acids is 1. The highest BCUT2D eigenvalue weighted by Crippen LogP contribution is 2.36. The number of allylic oxidation sites excluding steroid dienone is 1. The number of urea groups is 1. The zero-order chi connectivity index (χ0) is 47.4. The van der Waals surface area contributed by atoms with Crippen molar-refractivity contribution in [2.24, 2.45) is 40.9 Å². The SMILES string of the molecule is CCOc1ccc(N=Nc2ccc(N=Nc3ccc(NC(=O)NC4(C)CC=C(N=Nc5ccc(N=Nc6ccc(OCC)cc6S(=O)(=O)O)c(C)c5)C=C4CC)c(CC)c3)cc2C)c(S)c1. The number of azo groups is 4. The molecule has 0 heterocycles. The molecule has 66 heavy (non-hydrogen) atoms. The standard InChI is InChI=1S/C48H52N10O6S2/c1-8-32-26-36(53-51-34-12-17-40(30(5)24-34)55-57-43-20-15-38(63-10-3)28-45(43)65)14-19-42(32)49-47(59)50-48(7)23-22-37(27-33(48)9-2)54-52-35-13-18-41(31(6)25-35)56-58-44-21-16-39(64-11-4)29-46(44)66(60,61)62/h12-22,24-29,65H,8-11,23H2,1-7H3,(H2,49,50,59)(H,60,61,62). The Labute approximate surface area is 390 Å². The molecule has 1 aliphatic carbocycles. The molecule has 6 rings (SSSR count). The quantitative estimate of drug-likeness (QED) is 0.0404. The van der Waals surface area contributed by atoms with E-state index >= 15 is 0 Å². The second-order valence-corrected chi connectivity index (χ2v) is 17.2. The zero-order valence-corrected chi connectivity index (χ0v) is 39.5. The topological polar surface area (TPSA) is 213 Å². The van der Waals surface area contributed by atoms with E-state index in [2.05, 4.69) is 64.2 Å². The van der Waals surface area contributed by atoms with Crippen LogP contribution in [0.3, 0.4) is 0 Å². The van der Waals surface area contributed by atoms with Crippen LogP contribution in [0, 0.1) is 13.8 Å². The molecule has 1 atom stereocenters. The first-order valence-corrected chi connectivity index (χ1v) is 23.2. The largest absolute Gasteiger partial charge is 0.494 e. The molecule has 0 aliphatic heterocycles. The van der Waals surface area contributed by atoms with Crippen LogP contribution in [0.4, 0.5) is 50.3 Å². The number of anilines is 1. The van der Waals surface area contributed by atoms with Crippen molar-refractivity contribution in [2.45, 2.75) is 83.1 Å². The summed E-state index contributed by atoms with van der Waals surface area (Å²) in [6.45, 7) is 14.4. The van der Waals surface area contributed by atoms with E-state index in [0.717, 1.165) is 28.0 Å². The summed E-state index contributed by atoms with van der Waals surface area (Å²) in [5.74, 6) is 1.01. The Morgan fingerprint density at radius 1 is 0.682 bits per heavy atom. The highest BCUT2D eigenvalue weighted by Gasteiger charge is 2.32. The van der Waals surface area contributed by atoms with Gasteiger partial charge in [0.25, 0.3) is 10.1 Å². The van der Waals surface area contributed by atoms with Crippen molar-refractivity contribution < 1.29 is 27.2 Å². The number of hydrogen-bond donors (Lipinski definition) is 4. The lowest BCUT2D eigenvalue weighted by molar-refractivity contribution is 0.243. The minimum Gasteiger partial charge on any atom is -0.494 e. The summed E-state index contributed by atoms with van der Waals surface area (Å²) in [5.41, 5.74) is 7.80. The van der Waals surface area contributed by atoms with Gasteiger partial charge in [0, 0.05) is 16.6 Å². The van der Waals surface area contributed by atoms with E-state index in [0.29, 0.717) is 82.9 Å². The van der Waals surface area contributed by atoms with Crippen LogP contribution >= 0.6 is 12.6 Å². The Kier molecular flexibility index (Phi) is 16.1. The van der Waals surface area contributed by atoms with Crippen molar-refractivity contribution in [3.05, 3.63) is 131 Å². The van der Waals surface area contributed by atoms with Gasteiger partial charge in [-0.3, -0.25) is 4.55 Å². The minimum absolute atomic E-state index is 0.0322. The third-order valence-corrected chi connectivity index (χ3v) is 11.7. The number of hydrogen-bond acceptors (Lipinski definition) is 14. The molecule has 342 valence electrons. The molecule has 0 fully saturated rings. The van der Waals surface area contributed by atoms with Gasteiger partial charge in [0.2, 0.25) is 0 Å². The van der Waals surface area contributed by atoms with Crippen molar-refractivity contribution >= 4 is 74.3 Å². The van der Waals surface area contributed by atoms with Crippen molar-refractivity contribution in [1.29, 1.82) is 0 Å². The maximum absolute atomic E-state index is 13.5. The number of rotatable bonds is 17. The third kappa shape index (κ3) is 12.7. The second-order valence-electron chi connectivity index (χ2n) is 15.3. The number of benzene rings is 5. The molecule has 16 nitrogen and oxygen atoms in total. The Morgan fingerprint density at radius 3 is 1.77 bits per heavy atom. The summed E-state index contributed by atoms with van der Waals surface area (Å²) < 4.78 is 44.6. The molecule has 0 saturated carbocycles. The van der Waals surface area contributed by atoms with Gasteiger partial charge in [-0.05, 0) is 167 Å². The monoisotopic (exact) mass is 928 g/mol. The predicted octanol–water partition coefficient (Wildman–Crippen LogP) is 14.7. The van der Waals surface area contributed by atoms with Crippen LogP contribution < -0.4 is 20.1 Å². The molecule has 5 aromatic carbocycles. The van der Waals surface area contributed by atoms with Gasteiger partial charge in [-0.15, -0.1) is 22.9 Å². The van der Waals surface area contributed by atoms with E-state index < -0.39 is 20.6 Å².